The second kappa shape index (κ2) is 3.87. The average Bonchev–Trinajstić information content (AvgIpc) is 1.91. The summed E-state index contributed by atoms with van der Waals surface area (Å²) in [6, 6.07) is 2.25. The second-order valence-electron chi connectivity index (χ2n) is 4.24. The van der Waals surface area contributed by atoms with Gasteiger partial charge in [0.1, 0.15) is 0 Å². The molecule has 5 heteroatoms. The van der Waals surface area contributed by atoms with Crippen LogP contribution in [0.25, 0.3) is 0 Å². The fraction of sp³-hybridized carbons (Fsp3) is 0.889. The molecule has 0 spiro atoms. The molecular weight excluding hydrogens is 200 g/mol. The number of nitriles is 1. The summed E-state index contributed by atoms with van der Waals surface area (Å²) in [5.74, 6) is 0.495. The van der Waals surface area contributed by atoms with Crippen molar-refractivity contribution in [1.82, 2.24) is 4.31 Å². The Labute approximate surface area is 85.6 Å². The molecule has 1 aliphatic rings. The minimum absolute atomic E-state index is 0.0204. The fourth-order valence-electron chi connectivity index (χ4n) is 1.77. The second-order valence-corrected chi connectivity index (χ2v) is 6.22. The van der Waals surface area contributed by atoms with E-state index in [9.17, 15) is 8.42 Å². The van der Waals surface area contributed by atoms with Crippen LogP contribution in [0.2, 0.25) is 0 Å². The van der Waals surface area contributed by atoms with Gasteiger partial charge >= 0.3 is 0 Å². The predicted molar refractivity (Wildman–Crippen MR) is 53.8 cm³/mol. The van der Waals surface area contributed by atoms with Crippen LogP contribution in [0.1, 0.15) is 13.8 Å². The van der Waals surface area contributed by atoms with Gasteiger partial charge in [-0.05, 0) is 5.92 Å². The standard InChI is InChI=1S/C9H16N2O2S/c1-7(2)9(4-10)8-5-11(6-8)14(3,12)13/h7-9H,5-6H2,1-3H3. The average molecular weight is 216 g/mol. The highest BCUT2D eigenvalue weighted by atomic mass is 32.2. The van der Waals surface area contributed by atoms with Crippen molar-refractivity contribution in [2.75, 3.05) is 19.3 Å². The highest BCUT2D eigenvalue weighted by molar-refractivity contribution is 7.88. The van der Waals surface area contributed by atoms with Gasteiger partial charge in [-0.3, -0.25) is 0 Å². The van der Waals surface area contributed by atoms with Crippen LogP contribution in [-0.4, -0.2) is 32.1 Å². The molecule has 1 saturated heterocycles. The quantitative estimate of drug-likeness (QED) is 0.696. The number of rotatable bonds is 3. The van der Waals surface area contributed by atoms with Crippen LogP contribution in [0, 0.1) is 29.1 Å². The molecule has 0 aliphatic carbocycles. The third-order valence-electron chi connectivity index (χ3n) is 2.72. The topological polar surface area (TPSA) is 61.2 Å². The van der Waals surface area contributed by atoms with Gasteiger partial charge in [-0.1, -0.05) is 13.8 Å². The van der Waals surface area contributed by atoms with E-state index in [4.69, 9.17) is 5.26 Å². The summed E-state index contributed by atoms with van der Waals surface area (Å²) < 4.78 is 23.6. The highest BCUT2D eigenvalue weighted by Gasteiger charge is 2.39. The van der Waals surface area contributed by atoms with E-state index in [2.05, 4.69) is 6.07 Å². The Kier molecular flexibility index (Phi) is 3.17. The Bertz CT molecular complexity index is 336. The molecule has 1 atom stereocenters. The molecule has 0 N–H and O–H groups in total. The summed E-state index contributed by atoms with van der Waals surface area (Å²) in [7, 11) is -3.04. The largest absolute Gasteiger partial charge is 0.213 e. The maximum absolute atomic E-state index is 11.1. The zero-order valence-corrected chi connectivity index (χ0v) is 9.58. The van der Waals surface area contributed by atoms with E-state index >= 15 is 0 Å². The number of nitrogens with zero attached hydrogens (tertiary/aromatic N) is 2. The molecule has 0 bridgehead atoms. The molecule has 14 heavy (non-hydrogen) atoms. The molecule has 1 heterocycles. The first kappa shape index (κ1) is 11.5. The molecule has 1 aliphatic heterocycles. The van der Waals surface area contributed by atoms with Gasteiger partial charge in [0.15, 0.2) is 0 Å². The molecule has 1 rings (SSSR count). The van der Waals surface area contributed by atoms with Gasteiger partial charge in [-0.25, -0.2) is 12.7 Å². The van der Waals surface area contributed by atoms with E-state index in [0.717, 1.165) is 0 Å². The van der Waals surface area contributed by atoms with Gasteiger partial charge in [-0.15, -0.1) is 0 Å². The predicted octanol–water partition coefficient (Wildman–Crippen LogP) is 0.674. The SMILES string of the molecule is CC(C)C(C#N)C1CN(S(C)(=O)=O)C1. The molecule has 80 valence electrons. The molecule has 0 amide bonds. The van der Waals surface area contributed by atoms with Crippen LogP contribution < -0.4 is 0 Å². The summed E-state index contributed by atoms with van der Waals surface area (Å²) in [5, 5.41) is 8.90. The first-order chi connectivity index (χ1) is 6.36. The van der Waals surface area contributed by atoms with Crippen molar-refractivity contribution >= 4 is 10.0 Å². The van der Waals surface area contributed by atoms with Crippen LogP contribution in [0.15, 0.2) is 0 Å². The molecule has 4 nitrogen and oxygen atoms in total. The first-order valence-electron chi connectivity index (χ1n) is 4.71. The molecule has 1 unspecified atom stereocenters. The highest BCUT2D eigenvalue weighted by Crippen LogP contribution is 2.30. The number of sulfonamides is 1. The molecule has 0 saturated carbocycles. The lowest BCUT2D eigenvalue weighted by molar-refractivity contribution is 0.137. The van der Waals surface area contributed by atoms with Crippen molar-refractivity contribution in [3.05, 3.63) is 0 Å². The van der Waals surface area contributed by atoms with Crippen LogP contribution in [0.5, 0.6) is 0 Å². The van der Waals surface area contributed by atoms with Gasteiger partial charge < -0.3 is 0 Å². The van der Waals surface area contributed by atoms with Crippen molar-refractivity contribution in [2.45, 2.75) is 13.8 Å². The lowest BCUT2D eigenvalue weighted by atomic mass is 9.81. The van der Waals surface area contributed by atoms with Crippen molar-refractivity contribution < 1.29 is 8.42 Å². The van der Waals surface area contributed by atoms with Crippen LogP contribution in [0.4, 0.5) is 0 Å². The van der Waals surface area contributed by atoms with Gasteiger partial charge in [0.05, 0.1) is 18.2 Å². The van der Waals surface area contributed by atoms with Gasteiger partial charge in [-0.2, -0.15) is 5.26 Å². The van der Waals surface area contributed by atoms with Crippen LogP contribution >= 0.6 is 0 Å². The number of hydrogen-bond donors (Lipinski definition) is 0. The lowest BCUT2D eigenvalue weighted by Crippen LogP contribution is -2.52. The third-order valence-corrected chi connectivity index (χ3v) is 3.96. The first-order valence-corrected chi connectivity index (χ1v) is 6.56. The van der Waals surface area contributed by atoms with Gasteiger partial charge in [0.25, 0.3) is 0 Å². The molecule has 0 aromatic carbocycles. The third kappa shape index (κ3) is 2.25. The molecule has 0 radical (unpaired) electrons. The summed E-state index contributed by atoms with van der Waals surface area (Å²) in [5.41, 5.74) is 0. The Morgan fingerprint density at radius 3 is 2.21 bits per heavy atom. The van der Waals surface area contributed by atoms with E-state index in [0.29, 0.717) is 19.0 Å². The monoisotopic (exact) mass is 216 g/mol. The van der Waals surface area contributed by atoms with E-state index in [-0.39, 0.29) is 11.8 Å². The summed E-state index contributed by atoms with van der Waals surface area (Å²) in [4.78, 5) is 0. The lowest BCUT2D eigenvalue weighted by Gasteiger charge is -2.40. The zero-order chi connectivity index (χ0) is 10.9. The molecule has 0 aromatic heterocycles. The van der Waals surface area contributed by atoms with E-state index < -0.39 is 10.0 Å². The smallest absolute Gasteiger partial charge is 0.211 e. The summed E-state index contributed by atoms with van der Waals surface area (Å²) in [6.45, 7) is 5.01. The Balaban J connectivity index is 2.53. The molecule has 1 fully saturated rings. The van der Waals surface area contributed by atoms with Crippen molar-refractivity contribution in [3.63, 3.8) is 0 Å². The van der Waals surface area contributed by atoms with Crippen molar-refractivity contribution in [2.24, 2.45) is 17.8 Å². The minimum Gasteiger partial charge on any atom is -0.213 e. The maximum Gasteiger partial charge on any atom is 0.211 e. The zero-order valence-electron chi connectivity index (χ0n) is 8.77. The summed E-state index contributed by atoms with van der Waals surface area (Å²) >= 11 is 0. The molecule has 0 aromatic rings. The fourth-order valence-corrected chi connectivity index (χ4v) is 2.69. The van der Waals surface area contributed by atoms with E-state index in [1.807, 2.05) is 13.8 Å². The molecular formula is C9H16N2O2S. The Hall–Kier alpha value is -0.600. The van der Waals surface area contributed by atoms with Crippen LogP contribution in [0.3, 0.4) is 0 Å². The Morgan fingerprint density at radius 2 is 1.93 bits per heavy atom. The maximum atomic E-state index is 11.1. The van der Waals surface area contributed by atoms with E-state index in [1.54, 1.807) is 0 Å². The van der Waals surface area contributed by atoms with Gasteiger partial charge in [0, 0.05) is 19.0 Å². The van der Waals surface area contributed by atoms with Crippen molar-refractivity contribution in [3.8, 4) is 6.07 Å². The van der Waals surface area contributed by atoms with Crippen molar-refractivity contribution in [1.29, 1.82) is 5.26 Å². The number of hydrogen-bond acceptors (Lipinski definition) is 3. The summed E-state index contributed by atoms with van der Waals surface area (Å²) in [6.07, 6.45) is 1.21. The normalized spacial score (nSPS) is 21.6. The Morgan fingerprint density at radius 1 is 1.43 bits per heavy atom. The van der Waals surface area contributed by atoms with Crippen LogP contribution in [-0.2, 0) is 10.0 Å². The van der Waals surface area contributed by atoms with E-state index in [1.165, 1.54) is 10.6 Å². The van der Waals surface area contributed by atoms with Gasteiger partial charge in [0.2, 0.25) is 10.0 Å². The minimum atomic E-state index is -3.04.